The third-order valence-corrected chi connectivity index (χ3v) is 11.8. The first-order valence-corrected chi connectivity index (χ1v) is 17.8. The lowest BCUT2D eigenvalue weighted by molar-refractivity contribution is 0.651. The van der Waals surface area contributed by atoms with E-state index in [2.05, 4.69) is 185 Å². The van der Waals surface area contributed by atoms with Gasteiger partial charge >= 0.3 is 0 Å². The minimum Gasteiger partial charge on any atom is -0.0619 e. The molecule has 0 aliphatic heterocycles. The van der Waals surface area contributed by atoms with Crippen LogP contribution in [0.4, 0.5) is 0 Å². The minimum absolute atomic E-state index is 0.00346. The van der Waals surface area contributed by atoms with Gasteiger partial charge in [0.05, 0.1) is 0 Å². The van der Waals surface area contributed by atoms with Gasteiger partial charge in [0.15, 0.2) is 0 Å². The summed E-state index contributed by atoms with van der Waals surface area (Å²) in [6, 6.07) is 59.1. The van der Waals surface area contributed by atoms with Gasteiger partial charge in [0.1, 0.15) is 0 Å². The van der Waals surface area contributed by atoms with Crippen LogP contribution in [0.3, 0.4) is 0 Å². The molecule has 0 heterocycles. The maximum atomic E-state index is 2.46. The zero-order chi connectivity index (χ0) is 33.8. The Hall–Kier alpha value is -5.72. The molecule has 0 N–H and O–H groups in total. The summed E-state index contributed by atoms with van der Waals surface area (Å²) in [7, 11) is 0. The molecular formula is C50H38. The molecule has 0 unspecified atom stereocenters. The third kappa shape index (κ3) is 4.18. The average molecular weight is 639 g/mol. The normalized spacial score (nSPS) is 14.7. The number of hydrogen-bond acceptors (Lipinski definition) is 0. The Morgan fingerprint density at radius 2 is 0.720 bits per heavy atom. The molecule has 0 heteroatoms. The van der Waals surface area contributed by atoms with Gasteiger partial charge < -0.3 is 0 Å². The monoisotopic (exact) mass is 638 g/mol. The Bertz CT molecular complexity index is 2700. The van der Waals surface area contributed by atoms with Crippen LogP contribution in [-0.4, -0.2) is 0 Å². The number of fused-ring (bicyclic) bond motifs is 9. The number of benzene rings is 8. The molecule has 2 aliphatic carbocycles. The van der Waals surface area contributed by atoms with Crippen molar-refractivity contribution in [3.8, 4) is 55.6 Å². The summed E-state index contributed by atoms with van der Waals surface area (Å²) in [5.41, 5.74) is 18.8. The van der Waals surface area contributed by atoms with E-state index in [1.54, 1.807) is 0 Å². The molecule has 0 amide bonds. The average Bonchev–Trinajstić information content (AvgIpc) is 3.53. The van der Waals surface area contributed by atoms with Gasteiger partial charge in [-0.15, -0.1) is 0 Å². The standard InChI is InChI=1S/C50H38/c1-49(2)43-15-8-7-14-41(43)47-44(49)24-25-45-48(47)42-23-22-40(30-46(42)50(45,3)4)34-13-9-12-33(27-34)35-18-19-39-29-38(21-20-37(39)28-35)36-17-16-31-10-5-6-11-32(31)26-36/h5-30H,1-4H3. The van der Waals surface area contributed by atoms with Crippen LogP contribution in [0.25, 0.3) is 77.2 Å². The fourth-order valence-electron chi connectivity index (χ4n) is 9.05. The van der Waals surface area contributed by atoms with Crippen LogP contribution in [0.1, 0.15) is 49.9 Å². The summed E-state index contributed by atoms with van der Waals surface area (Å²) in [6.45, 7) is 9.55. The topological polar surface area (TPSA) is 0 Å². The molecule has 8 aromatic carbocycles. The SMILES string of the molecule is CC1(C)c2ccccc2-c2c1ccc1c2-c2ccc(-c3cccc(-c4ccc5cc(-c6ccc7ccccc7c6)ccc5c4)c3)cc2C1(C)C. The van der Waals surface area contributed by atoms with Gasteiger partial charge in [-0.1, -0.05) is 155 Å². The minimum atomic E-state index is -0.0843. The quantitative estimate of drug-likeness (QED) is 0.181. The van der Waals surface area contributed by atoms with Gasteiger partial charge in [-0.25, -0.2) is 0 Å². The zero-order valence-corrected chi connectivity index (χ0v) is 29.0. The number of rotatable bonds is 3. The van der Waals surface area contributed by atoms with Gasteiger partial charge in [0, 0.05) is 10.8 Å². The first-order chi connectivity index (χ1) is 24.3. The van der Waals surface area contributed by atoms with Crippen molar-refractivity contribution < 1.29 is 0 Å². The van der Waals surface area contributed by atoms with Crippen molar-refractivity contribution in [3.63, 3.8) is 0 Å². The van der Waals surface area contributed by atoms with E-state index in [-0.39, 0.29) is 10.8 Å². The van der Waals surface area contributed by atoms with Crippen molar-refractivity contribution in [3.05, 3.63) is 180 Å². The van der Waals surface area contributed by atoms with E-state index in [1.807, 2.05) is 0 Å². The molecule has 2 aliphatic rings. The molecule has 0 saturated heterocycles. The fraction of sp³-hybridized carbons (Fsp3) is 0.120. The first-order valence-electron chi connectivity index (χ1n) is 17.8. The van der Waals surface area contributed by atoms with Crippen molar-refractivity contribution >= 4 is 21.5 Å². The van der Waals surface area contributed by atoms with E-state index in [4.69, 9.17) is 0 Å². The summed E-state index contributed by atoms with van der Waals surface area (Å²) < 4.78 is 0. The van der Waals surface area contributed by atoms with Crippen molar-refractivity contribution in [2.24, 2.45) is 0 Å². The molecule has 0 fully saturated rings. The molecule has 0 radical (unpaired) electrons. The van der Waals surface area contributed by atoms with Crippen LogP contribution >= 0.6 is 0 Å². The van der Waals surface area contributed by atoms with Crippen LogP contribution in [0.5, 0.6) is 0 Å². The first kappa shape index (κ1) is 29.2. The third-order valence-electron chi connectivity index (χ3n) is 11.8. The van der Waals surface area contributed by atoms with Crippen LogP contribution in [0.2, 0.25) is 0 Å². The van der Waals surface area contributed by atoms with Crippen LogP contribution in [0, 0.1) is 0 Å². The summed E-state index contributed by atoms with van der Waals surface area (Å²) in [6.07, 6.45) is 0. The lowest BCUT2D eigenvalue weighted by Gasteiger charge is -2.24. The predicted molar refractivity (Wildman–Crippen MR) is 213 cm³/mol. The lowest BCUT2D eigenvalue weighted by atomic mass is 9.79. The van der Waals surface area contributed by atoms with E-state index in [0.717, 1.165) is 0 Å². The van der Waals surface area contributed by atoms with Crippen molar-refractivity contribution in [1.29, 1.82) is 0 Å². The molecule has 0 bridgehead atoms. The molecule has 10 rings (SSSR count). The Kier molecular flexibility index (Phi) is 6.07. The summed E-state index contributed by atoms with van der Waals surface area (Å²) in [5, 5.41) is 5.06. The van der Waals surface area contributed by atoms with Crippen molar-refractivity contribution in [2.45, 2.75) is 38.5 Å². The molecule has 8 aromatic rings. The van der Waals surface area contributed by atoms with Gasteiger partial charge in [0.25, 0.3) is 0 Å². The Morgan fingerprint density at radius 3 is 1.36 bits per heavy atom. The summed E-state index contributed by atoms with van der Waals surface area (Å²) in [4.78, 5) is 0. The van der Waals surface area contributed by atoms with Crippen molar-refractivity contribution in [2.75, 3.05) is 0 Å². The maximum absolute atomic E-state index is 2.46. The molecule has 0 spiro atoms. The lowest BCUT2D eigenvalue weighted by Crippen LogP contribution is -2.17. The van der Waals surface area contributed by atoms with Gasteiger partial charge in [-0.2, -0.15) is 0 Å². The largest absolute Gasteiger partial charge is 0.0619 e. The van der Waals surface area contributed by atoms with E-state index in [0.29, 0.717) is 0 Å². The summed E-state index contributed by atoms with van der Waals surface area (Å²) >= 11 is 0. The summed E-state index contributed by atoms with van der Waals surface area (Å²) in [5.74, 6) is 0. The van der Waals surface area contributed by atoms with Crippen molar-refractivity contribution in [1.82, 2.24) is 0 Å². The van der Waals surface area contributed by atoms with Crippen LogP contribution < -0.4 is 0 Å². The highest BCUT2D eigenvalue weighted by molar-refractivity contribution is 5.99. The Balaban J connectivity index is 1.01. The molecule has 0 atom stereocenters. The highest BCUT2D eigenvalue weighted by Crippen LogP contribution is 2.59. The fourth-order valence-corrected chi connectivity index (χ4v) is 9.05. The molecular weight excluding hydrogens is 601 g/mol. The van der Waals surface area contributed by atoms with Gasteiger partial charge in [0.2, 0.25) is 0 Å². The molecule has 0 saturated carbocycles. The Morgan fingerprint density at radius 1 is 0.280 bits per heavy atom. The second-order valence-corrected chi connectivity index (χ2v) is 15.4. The highest BCUT2D eigenvalue weighted by Gasteiger charge is 2.43. The molecule has 50 heavy (non-hydrogen) atoms. The highest BCUT2D eigenvalue weighted by atomic mass is 14.5. The smallest absolute Gasteiger partial charge is 0.0159 e. The second-order valence-electron chi connectivity index (χ2n) is 15.4. The molecule has 238 valence electrons. The van der Waals surface area contributed by atoms with E-state index in [1.165, 1.54) is 99.4 Å². The van der Waals surface area contributed by atoms with E-state index < -0.39 is 0 Å². The van der Waals surface area contributed by atoms with Crippen LogP contribution in [-0.2, 0) is 10.8 Å². The van der Waals surface area contributed by atoms with Gasteiger partial charge in [-0.3, -0.25) is 0 Å². The predicted octanol–water partition coefficient (Wildman–Crippen LogP) is 13.6. The zero-order valence-electron chi connectivity index (χ0n) is 29.0. The molecule has 0 aromatic heterocycles. The van der Waals surface area contributed by atoms with Gasteiger partial charge in [-0.05, 0) is 130 Å². The number of hydrogen-bond donors (Lipinski definition) is 0. The maximum Gasteiger partial charge on any atom is 0.0159 e. The van der Waals surface area contributed by atoms with E-state index >= 15 is 0 Å². The van der Waals surface area contributed by atoms with E-state index in [9.17, 15) is 0 Å². The molecule has 0 nitrogen and oxygen atoms in total. The second kappa shape index (κ2) is 10.4. The Labute approximate surface area is 294 Å². The van der Waals surface area contributed by atoms with Crippen LogP contribution in [0.15, 0.2) is 158 Å².